The number of amides is 2. The first-order valence-electron chi connectivity index (χ1n) is 9.57. The Labute approximate surface area is 163 Å². The number of pyridine rings is 2. The van der Waals surface area contributed by atoms with Crippen molar-refractivity contribution in [3.8, 4) is 0 Å². The first-order valence-corrected chi connectivity index (χ1v) is 9.57. The molecular formula is C21H23N5O2. The Morgan fingerprint density at radius 2 is 2.04 bits per heavy atom. The molecule has 1 fully saturated rings. The third-order valence-electron chi connectivity index (χ3n) is 5.10. The second-order valence-corrected chi connectivity index (χ2v) is 7.28. The lowest BCUT2D eigenvalue weighted by molar-refractivity contribution is 0.0670. The summed E-state index contributed by atoms with van der Waals surface area (Å²) in [6.07, 6.45) is 7.28. The number of hydrogen-bond acceptors (Lipinski definition) is 4. The summed E-state index contributed by atoms with van der Waals surface area (Å²) in [5.41, 5.74) is 1.84. The predicted octanol–water partition coefficient (Wildman–Crippen LogP) is 2.53. The molecule has 3 aromatic rings. The summed E-state index contributed by atoms with van der Waals surface area (Å²) >= 11 is 0. The molecule has 144 valence electrons. The minimum atomic E-state index is -0.299. The summed E-state index contributed by atoms with van der Waals surface area (Å²) in [4.78, 5) is 36.1. The van der Waals surface area contributed by atoms with Crippen LogP contribution in [0.5, 0.6) is 0 Å². The van der Waals surface area contributed by atoms with E-state index in [0.29, 0.717) is 23.8 Å². The topological polar surface area (TPSA) is 79.6 Å². The van der Waals surface area contributed by atoms with Gasteiger partial charge in [-0.05, 0) is 48.6 Å². The molecule has 0 spiro atoms. The fourth-order valence-electron chi connectivity index (χ4n) is 3.64. The number of hydrogen-bond donors (Lipinski definition) is 1. The Kier molecular flexibility index (Phi) is 5.06. The van der Waals surface area contributed by atoms with Crippen molar-refractivity contribution in [1.82, 2.24) is 24.6 Å². The number of aromatic nitrogens is 3. The van der Waals surface area contributed by atoms with Crippen LogP contribution in [0.3, 0.4) is 0 Å². The van der Waals surface area contributed by atoms with Crippen LogP contribution in [0, 0.1) is 5.92 Å². The zero-order valence-electron chi connectivity index (χ0n) is 15.8. The lowest BCUT2D eigenvalue weighted by Crippen LogP contribution is -2.40. The average Bonchev–Trinajstić information content (AvgIpc) is 3.12. The van der Waals surface area contributed by atoms with E-state index < -0.39 is 0 Å². The highest BCUT2D eigenvalue weighted by Crippen LogP contribution is 2.20. The molecule has 7 nitrogen and oxygen atoms in total. The van der Waals surface area contributed by atoms with E-state index in [1.807, 2.05) is 35.2 Å². The van der Waals surface area contributed by atoms with E-state index in [1.165, 1.54) is 0 Å². The van der Waals surface area contributed by atoms with Gasteiger partial charge in [0.05, 0.1) is 5.52 Å². The molecule has 4 rings (SSSR count). The van der Waals surface area contributed by atoms with Crippen molar-refractivity contribution in [3.63, 3.8) is 0 Å². The van der Waals surface area contributed by atoms with Gasteiger partial charge >= 0.3 is 0 Å². The van der Waals surface area contributed by atoms with Crippen LogP contribution in [-0.2, 0) is 6.54 Å². The summed E-state index contributed by atoms with van der Waals surface area (Å²) < 4.78 is 1.71. The summed E-state index contributed by atoms with van der Waals surface area (Å²) in [5, 5.41) is 2.88. The van der Waals surface area contributed by atoms with Crippen LogP contribution in [0.2, 0.25) is 0 Å². The molecule has 0 radical (unpaired) electrons. The van der Waals surface area contributed by atoms with Crippen molar-refractivity contribution >= 4 is 17.3 Å². The number of nitrogens with zero attached hydrogens (tertiary/aromatic N) is 4. The van der Waals surface area contributed by atoms with Gasteiger partial charge in [-0.1, -0.05) is 13.0 Å². The van der Waals surface area contributed by atoms with Gasteiger partial charge in [-0.3, -0.25) is 19.0 Å². The molecule has 4 heterocycles. The molecule has 0 saturated carbocycles. The van der Waals surface area contributed by atoms with Gasteiger partial charge < -0.3 is 10.2 Å². The van der Waals surface area contributed by atoms with Gasteiger partial charge in [0.25, 0.3) is 11.8 Å². The highest BCUT2D eigenvalue weighted by Gasteiger charge is 2.27. The molecule has 0 bridgehead atoms. The molecule has 7 heteroatoms. The number of likely N-dealkylation sites (tertiary alicyclic amines) is 1. The fourth-order valence-corrected chi connectivity index (χ4v) is 3.64. The minimum Gasteiger partial charge on any atom is -0.347 e. The quantitative estimate of drug-likeness (QED) is 0.758. The second kappa shape index (κ2) is 7.80. The number of carbonyl (C=O) groups is 2. The maximum Gasteiger partial charge on any atom is 0.290 e. The molecule has 1 aliphatic rings. The number of fused-ring (bicyclic) bond motifs is 1. The van der Waals surface area contributed by atoms with Crippen LogP contribution in [0.1, 0.15) is 46.4 Å². The van der Waals surface area contributed by atoms with Crippen LogP contribution >= 0.6 is 0 Å². The van der Waals surface area contributed by atoms with Crippen molar-refractivity contribution in [3.05, 3.63) is 66.0 Å². The van der Waals surface area contributed by atoms with E-state index in [1.54, 1.807) is 23.0 Å². The Morgan fingerprint density at radius 3 is 2.82 bits per heavy atom. The molecular weight excluding hydrogens is 354 g/mol. The first kappa shape index (κ1) is 18.2. The number of piperidine rings is 1. The Balaban J connectivity index is 1.61. The Hall–Kier alpha value is -3.22. The molecule has 1 N–H and O–H groups in total. The van der Waals surface area contributed by atoms with Gasteiger partial charge in [0.2, 0.25) is 5.82 Å². The highest BCUT2D eigenvalue weighted by molar-refractivity contribution is 6.02. The van der Waals surface area contributed by atoms with Gasteiger partial charge in [-0.25, -0.2) is 4.98 Å². The van der Waals surface area contributed by atoms with E-state index >= 15 is 0 Å². The van der Waals surface area contributed by atoms with Crippen LogP contribution in [-0.4, -0.2) is 44.2 Å². The van der Waals surface area contributed by atoms with Gasteiger partial charge in [0.1, 0.15) is 0 Å². The number of nitrogens with one attached hydrogen (secondary N) is 1. The van der Waals surface area contributed by atoms with Crippen molar-refractivity contribution in [2.75, 3.05) is 13.1 Å². The summed E-state index contributed by atoms with van der Waals surface area (Å²) in [5.74, 6) is 0.346. The zero-order chi connectivity index (χ0) is 19.5. The van der Waals surface area contributed by atoms with Crippen molar-refractivity contribution in [1.29, 1.82) is 0 Å². The van der Waals surface area contributed by atoms with Gasteiger partial charge in [0, 0.05) is 38.2 Å². The third-order valence-corrected chi connectivity index (χ3v) is 5.10. The first-order chi connectivity index (χ1) is 13.6. The molecule has 1 atom stereocenters. The Bertz CT molecular complexity index is 998. The number of rotatable bonds is 4. The largest absolute Gasteiger partial charge is 0.347 e. The van der Waals surface area contributed by atoms with E-state index in [0.717, 1.165) is 31.5 Å². The summed E-state index contributed by atoms with van der Waals surface area (Å²) in [6.45, 7) is 3.99. The lowest BCUT2D eigenvalue weighted by Gasteiger charge is -2.30. The van der Waals surface area contributed by atoms with E-state index in [4.69, 9.17) is 0 Å². The molecule has 2 amide bonds. The minimum absolute atomic E-state index is 0.124. The fraction of sp³-hybridized carbons (Fsp3) is 0.333. The second-order valence-electron chi connectivity index (χ2n) is 7.28. The maximum absolute atomic E-state index is 13.1. The van der Waals surface area contributed by atoms with Crippen LogP contribution < -0.4 is 5.32 Å². The van der Waals surface area contributed by atoms with Crippen molar-refractivity contribution in [2.45, 2.75) is 26.3 Å². The molecule has 0 aliphatic carbocycles. The summed E-state index contributed by atoms with van der Waals surface area (Å²) in [7, 11) is 0. The van der Waals surface area contributed by atoms with E-state index in [2.05, 4.69) is 22.2 Å². The highest BCUT2D eigenvalue weighted by atomic mass is 16.2. The monoisotopic (exact) mass is 377 g/mol. The molecule has 3 aromatic heterocycles. The number of carbonyl (C=O) groups excluding carboxylic acids is 2. The molecule has 1 aliphatic heterocycles. The summed E-state index contributed by atoms with van der Waals surface area (Å²) in [6, 6.07) is 9.18. The van der Waals surface area contributed by atoms with Gasteiger partial charge in [-0.15, -0.1) is 0 Å². The molecule has 1 unspecified atom stereocenters. The zero-order valence-corrected chi connectivity index (χ0v) is 15.8. The lowest BCUT2D eigenvalue weighted by atomic mass is 10.0. The number of imidazole rings is 1. The van der Waals surface area contributed by atoms with Crippen LogP contribution in [0.15, 0.2) is 48.9 Å². The SMILES string of the molecule is CC1CCCN(C(=O)c2nc(C(=O)NCc3ccncc3)c3ccccn23)C1. The Morgan fingerprint density at radius 1 is 1.21 bits per heavy atom. The smallest absolute Gasteiger partial charge is 0.290 e. The molecule has 0 aromatic carbocycles. The maximum atomic E-state index is 13.1. The van der Waals surface area contributed by atoms with Crippen molar-refractivity contribution in [2.24, 2.45) is 5.92 Å². The standard InChI is InChI=1S/C21H23N5O2/c1-15-5-4-11-25(14-15)21(28)19-24-18(17-6-2-3-12-26(17)19)20(27)23-13-16-7-9-22-10-8-16/h2-3,6-10,12,15H,4-5,11,13-14H2,1H3,(H,23,27). The average molecular weight is 377 g/mol. The third kappa shape index (κ3) is 3.60. The van der Waals surface area contributed by atoms with Crippen LogP contribution in [0.4, 0.5) is 0 Å². The van der Waals surface area contributed by atoms with E-state index in [9.17, 15) is 9.59 Å². The molecule has 1 saturated heterocycles. The van der Waals surface area contributed by atoms with Crippen LogP contribution in [0.25, 0.3) is 5.52 Å². The van der Waals surface area contributed by atoms with Gasteiger partial charge in [0.15, 0.2) is 5.69 Å². The van der Waals surface area contributed by atoms with Gasteiger partial charge in [-0.2, -0.15) is 0 Å². The predicted molar refractivity (Wildman–Crippen MR) is 105 cm³/mol. The van der Waals surface area contributed by atoms with E-state index in [-0.39, 0.29) is 17.5 Å². The van der Waals surface area contributed by atoms with Crippen molar-refractivity contribution < 1.29 is 9.59 Å². The molecule has 28 heavy (non-hydrogen) atoms. The normalized spacial score (nSPS) is 16.9.